The minimum Gasteiger partial charge on any atom is -0.294 e. The highest BCUT2D eigenvalue weighted by molar-refractivity contribution is 5.83. The number of hydrogen-bond acceptors (Lipinski definition) is 3. The van der Waals surface area contributed by atoms with Crippen LogP contribution in [0.25, 0.3) is 0 Å². The molecule has 0 aliphatic carbocycles. The fourth-order valence-corrected chi connectivity index (χ4v) is 1.66. The molecule has 0 saturated carbocycles. The van der Waals surface area contributed by atoms with Gasteiger partial charge in [0, 0.05) is 6.04 Å². The number of nitrogens with two attached hydrogens (primary N) is 1. The van der Waals surface area contributed by atoms with Crippen molar-refractivity contribution in [3.63, 3.8) is 0 Å². The van der Waals surface area contributed by atoms with E-state index in [4.69, 9.17) is 0 Å². The van der Waals surface area contributed by atoms with Crippen molar-refractivity contribution in [3.8, 4) is 0 Å². The van der Waals surface area contributed by atoms with Crippen LogP contribution in [0.5, 0.6) is 0 Å². The molecule has 0 radical (unpaired) electrons. The first kappa shape index (κ1) is 11.3. The smallest absolute Gasteiger partial charge is 0.294 e. The number of alkyl halides is 2. The molecule has 4 nitrogen and oxygen atoms in total. The highest BCUT2D eigenvalue weighted by Gasteiger charge is 2.41. The number of carbonyl (C=O) groups excluding carboxylic acids is 1. The van der Waals surface area contributed by atoms with Gasteiger partial charge in [-0.15, -0.1) is 0 Å². The lowest BCUT2D eigenvalue weighted by atomic mass is 10.2. The lowest BCUT2D eigenvalue weighted by molar-refractivity contribution is -0.148. The highest BCUT2D eigenvalue weighted by atomic mass is 19.3. The normalized spacial score (nSPS) is 23.9. The molecule has 1 atom stereocenters. The topological polar surface area (TPSA) is 58.4 Å². The van der Waals surface area contributed by atoms with E-state index in [1.54, 1.807) is 4.90 Å². The van der Waals surface area contributed by atoms with E-state index >= 15 is 0 Å². The second-order valence-corrected chi connectivity index (χ2v) is 3.64. The van der Waals surface area contributed by atoms with E-state index in [1.807, 2.05) is 6.92 Å². The number of amides is 1. The van der Waals surface area contributed by atoms with Gasteiger partial charge in [0.1, 0.15) is 0 Å². The standard InChI is InChI=1S/C8H15F2N3O/c1-6-3-2-4-13(6)5-8(9,10)7(14)12-11/h6H,2-5,11H2,1H3,(H,12,14). The number of hydrazine groups is 1. The van der Waals surface area contributed by atoms with Gasteiger partial charge < -0.3 is 0 Å². The molecule has 1 aliphatic rings. The number of carbonyl (C=O) groups is 1. The molecule has 1 saturated heterocycles. The highest BCUT2D eigenvalue weighted by Crippen LogP contribution is 2.22. The van der Waals surface area contributed by atoms with Crippen molar-refractivity contribution in [2.45, 2.75) is 31.7 Å². The van der Waals surface area contributed by atoms with E-state index in [0.29, 0.717) is 6.54 Å². The van der Waals surface area contributed by atoms with Crippen LogP contribution in [0.15, 0.2) is 0 Å². The molecule has 1 fully saturated rings. The molecule has 3 N–H and O–H groups in total. The summed E-state index contributed by atoms with van der Waals surface area (Å²) in [5.74, 6) is -0.146. The van der Waals surface area contributed by atoms with Gasteiger partial charge in [-0.05, 0) is 26.3 Å². The lowest BCUT2D eigenvalue weighted by Gasteiger charge is -2.25. The summed E-state index contributed by atoms with van der Waals surface area (Å²) in [7, 11) is 0. The van der Waals surface area contributed by atoms with E-state index in [9.17, 15) is 13.6 Å². The average molecular weight is 207 g/mol. The van der Waals surface area contributed by atoms with Crippen molar-refractivity contribution in [2.24, 2.45) is 5.84 Å². The summed E-state index contributed by atoms with van der Waals surface area (Å²) in [6, 6.07) is 0.117. The molecule has 0 aromatic rings. The summed E-state index contributed by atoms with van der Waals surface area (Å²) in [6.07, 6.45) is 1.81. The van der Waals surface area contributed by atoms with Gasteiger partial charge in [0.2, 0.25) is 0 Å². The average Bonchev–Trinajstić information content (AvgIpc) is 2.50. The van der Waals surface area contributed by atoms with Crippen LogP contribution >= 0.6 is 0 Å². The predicted octanol–water partition coefficient (Wildman–Crippen LogP) is 0.0959. The van der Waals surface area contributed by atoms with Gasteiger partial charge in [-0.25, -0.2) is 5.84 Å². The number of rotatable bonds is 3. The van der Waals surface area contributed by atoms with E-state index in [1.165, 1.54) is 5.43 Å². The van der Waals surface area contributed by atoms with Crippen LogP contribution < -0.4 is 11.3 Å². The molecule has 0 aromatic heterocycles. The molecule has 1 amide bonds. The Morgan fingerprint density at radius 2 is 2.36 bits per heavy atom. The zero-order chi connectivity index (χ0) is 10.8. The molecular formula is C8H15F2N3O. The maximum Gasteiger partial charge on any atom is 0.338 e. The van der Waals surface area contributed by atoms with E-state index in [0.717, 1.165) is 12.8 Å². The fourth-order valence-electron chi connectivity index (χ4n) is 1.66. The van der Waals surface area contributed by atoms with E-state index < -0.39 is 18.4 Å². The first-order chi connectivity index (χ1) is 6.47. The third-order valence-electron chi connectivity index (χ3n) is 2.56. The number of nitrogens with zero attached hydrogens (tertiary/aromatic N) is 1. The molecule has 0 spiro atoms. The largest absolute Gasteiger partial charge is 0.338 e. The van der Waals surface area contributed by atoms with E-state index in [-0.39, 0.29) is 6.04 Å². The van der Waals surface area contributed by atoms with Crippen LogP contribution in [0, 0.1) is 0 Å². The molecule has 82 valence electrons. The Kier molecular flexibility index (Phi) is 3.38. The van der Waals surface area contributed by atoms with Gasteiger partial charge in [0.15, 0.2) is 0 Å². The summed E-state index contributed by atoms with van der Waals surface area (Å²) < 4.78 is 26.2. The van der Waals surface area contributed by atoms with Crippen molar-refractivity contribution in [1.29, 1.82) is 0 Å². The minimum absolute atomic E-state index is 0.117. The van der Waals surface area contributed by atoms with Crippen molar-refractivity contribution >= 4 is 5.91 Å². The fraction of sp³-hybridized carbons (Fsp3) is 0.875. The van der Waals surface area contributed by atoms with Gasteiger partial charge in [0.25, 0.3) is 0 Å². The van der Waals surface area contributed by atoms with Gasteiger partial charge in [-0.2, -0.15) is 8.78 Å². The Morgan fingerprint density at radius 1 is 1.71 bits per heavy atom. The zero-order valence-electron chi connectivity index (χ0n) is 8.09. The SMILES string of the molecule is CC1CCCN1CC(F)(F)C(=O)NN. The van der Waals surface area contributed by atoms with Crippen LogP contribution in [-0.4, -0.2) is 35.9 Å². The first-order valence-electron chi connectivity index (χ1n) is 4.60. The Hall–Kier alpha value is -0.750. The van der Waals surface area contributed by atoms with Crippen LogP contribution in [0.2, 0.25) is 0 Å². The number of likely N-dealkylation sites (tertiary alicyclic amines) is 1. The van der Waals surface area contributed by atoms with Crippen molar-refractivity contribution in [2.75, 3.05) is 13.1 Å². The zero-order valence-corrected chi connectivity index (χ0v) is 8.09. The van der Waals surface area contributed by atoms with Gasteiger partial charge in [-0.3, -0.25) is 15.1 Å². The van der Waals surface area contributed by atoms with Crippen LogP contribution in [-0.2, 0) is 4.79 Å². The van der Waals surface area contributed by atoms with Crippen molar-refractivity contribution < 1.29 is 13.6 Å². The third-order valence-corrected chi connectivity index (χ3v) is 2.56. The second kappa shape index (κ2) is 4.18. The Labute approximate surface area is 81.4 Å². The van der Waals surface area contributed by atoms with Gasteiger partial charge in [0.05, 0.1) is 6.54 Å². The number of halogens is 2. The number of nitrogens with one attached hydrogen (secondary N) is 1. The van der Waals surface area contributed by atoms with Gasteiger partial charge in [-0.1, -0.05) is 0 Å². The maximum atomic E-state index is 13.1. The lowest BCUT2D eigenvalue weighted by Crippen LogP contribution is -2.50. The molecule has 6 heteroatoms. The monoisotopic (exact) mass is 207 g/mol. The molecule has 0 bridgehead atoms. The predicted molar refractivity (Wildman–Crippen MR) is 47.5 cm³/mol. The summed E-state index contributed by atoms with van der Waals surface area (Å²) in [5, 5.41) is 0. The Balaban J connectivity index is 2.53. The molecule has 0 aromatic carbocycles. The van der Waals surface area contributed by atoms with Crippen molar-refractivity contribution in [3.05, 3.63) is 0 Å². The molecule has 14 heavy (non-hydrogen) atoms. The van der Waals surface area contributed by atoms with E-state index in [2.05, 4.69) is 5.84 Å². The summed E-state index contributed by atoms with van der Waals surface area (Å²) >= 11 is 0. The molecule has 1 heterocycles. The van der Waals surface area contributed by atoms with Crippen molar-refractivity contribution in [1.82, 2.24) is 10.3 Å². The Morgan fingerprint density at radius 3 is 2.79 bits per heavy atom. The Bertz CT molecular complexity index is 223. The second-order valence-electron chi connectivity index (χ2n) is 3.64. The maximum absolute atomic E-state index is 13.1. The quantitative estimate of drug-likeness (QED) is 0.392. The summed E-state index contributed by atoms with van der Waals surface area (Å²) in [5.41, 5.74) is 1.48. The summed E-state index contributed by atoms with van der Waals surface area (Å²) in [4.78, 5) is 12.3. The van der Waals surface area contributed by atoms with Crippen LogP contribution in [0.1, 0.15) is 19.8 Å². The third kappa shape index (κ3) is 2.39. The first-order valence-corrected chi connectivity index (χ1v) is 4.60. The van der Waals surface area contributed by atoms with Gasteiger partial charge >= 0.3 is 11.8 Å². The molecule has 1 rings (SSSR count). The summed E-state index contributed by atoms with van der Waals surface area (Å²) in [6.45, 7) is 1.95. The van der Waals surface area contributed by atoms with Crippen LogP contribution in [0.3, 0.4) is 0 Å². The van der Waals surface area contributed by atoms with Crippen LogP contribution in [0.4, 0.5) is 8.78 Å². The number of hydrogen-bond donors (Lipinski definition) is 2. The minimum atomic E-state index is -3.40. The molecule has 1 unspecified atom stereocenters. The molecule has 1 aliphatic heterocycles. The molecular weight excluding hydrogens is 192 g/mol.